The molecular weight excluding hydrogens is 310 g/mol. The molecule has 0 atom stereocenters. The van der Waals surface area contributed by atoms with E-state index in [1.54, 1.807) is 34.8 Å². The Morgan fingerprint density at radius 1 is 1.09 bits per heavy atom. The number of piperidine rings is 1. The van der Waals surface area contributed by atoms with Crippen LogP contribution in [0.5, 0.6) is 0 Å². The van der Waals surface area contributed by atoms with E-state index in [9.17, 15) is 8.42 Å². The molecule has 0 radical (unpaired) electrons. The Bertz CT molecular complexity index is 737. The second-order valence-corrected chi connectivity index (χ2v) is 7.88. The predicted octanol–water partition coefficient (Wildman–Crippen LogP) is 2.31. The van der Waals surface area contributed by atoms with Crippen molar-refractivity contribution in [2.45, 2.75) is 24.2 Å². The lowest BCUT2D eigenvalue weighted by molar-refractivity contribution is 0.271. The molecule has 1 aromatic heterocycles. The first kappa shape index (κ1) is 16.0. The van der Waals surface area contributed by atoms with E-state index in [2.05, 4.69) is 4.98 Å². The van der Waals surface area contributed by atoms with Crippen molar-refractivity contribution in [3.05, 3.63) is 54.4 Å². The van der Waals surface area contributed by atoms with Gasteiger partial charge in [-0.25, -0.2) is 8.42 Å². The van der Waals surface area contributed by atoms with E-state index in [1.165, 1.54) is 0 Å². The Hall–Kier alpha value is -1.92. The van der Waals surface area contributed by atoms with E-state index in [4.69, 9.17) is 5.73 Å². The minimum Gasteiger partial charge on any atom is -0.399 e. The molecular formula is C17H21N3O2S. The van der Waals surface area contributed by atoms with Crippen molar-refractivity contribution in [1.29, 1.82) is 0 Å². The Morgan fingerprint density at radius 2 is 1.78 bits per heavy atom. The van der Waals surface area contributed by atoms with Crippen LogP contribution in [-0.2, 0) is 16.4 Å². The van der Waals surface area contributed by atoms with Gasteiger partial charge in [-0.2, -0.15) is 4.31 Å². The summed E-state index contributed by atoms with van der Waals surface area (Å²) in [5.74, 6) is 0.489. The number of sulfonamides is 1. The molecule has 1 aromatic carbocycles. The highest BCUT2D eigenvalue weighted by Gasteiger charge is 2.29. The highest BCUT2D eigenvalue weighted by molar-refractivity contribution is 7.89. The van der Waals surface area contributed by atoms with Gasteiger partial charge in [0.1, 0.15) is 0 Å². The Morgan fingerprint density at radius 3 is 2.39 bits per heavy atom. The quantitative estimate of drug-likeness (QED) is 0.872. The Kier molecular flexibility index (Phi) is 4.63. The van der Waals surface area contributed by atoms with Crippen LogP contribution in [0.25, 0.3) is 0 Å². The molecule has 0 aliphatic carbocycles. The smallest absolute Gasteiger partial charge is 0.243 e. The normalized spacial score (nSPS) is 17.2. The number of nitrogen functional groups attached to an aromatic ring is 1. The van der Waals surface area contributed by atoms with Gasteiger partial charge in [-0.3, -0.25) is 4.98 Å². The third kappa shape index (κ3) is 3.71. The zero-order chi connectivity index (χ0) is 16.3. The van der Waals surface area contributed by atoms with Gasteiger partial charge in [0.25, 0.3) is 0 Å². The number of hydrogen-bond donors (Lipinski definition) is 1. The van der Waals surface area contributed by atoms with Gasteiger partial charge < -0.3 is 5.73 Å². The Balaban J connectivity index is 1.63. The van der Waals surface area contributed by atoms with Gasteiger partial charge in [-0.1, -0.05) is 6.07 Å². The van der Waals surface area contributed by atoms with Gasteiger partial charge in [0.05, 0.1) is 4.90 Å². The third-order valence-corrected chi connectivity index (χ3v) is 6.23. The summed E-state index contributed by atoms with van der Waals surface area (Å²) in [6.07, 6.45) is 4.45. The fourth-order valence-electron chi connectivity index (χ4n) is 2.96. The molecule has 0 spiro atoms. The number of aromatic nitrogens is 1. The predicted molar refractivity (Wildman–Crippen MR) is 90.3 cm³/mol. The summed E-state index contributed by atoms with van der Waals surface area (Å²) in [5.41, 5.74) is 7.27. The molecule has 122 valence electrons. The highest BCUT2D eigenvalue weighted by Crippen LogP contribution is 2.26. The average Bonchev–Trinajstić information content (AvgIpc) is 2.57. The van der Waals surface area contributed by atoms with Crippen molar-refractivity contribution in [1.82, 2.24) is 9.29 Å². The second-order valence-electron chi connectivity index (χ2n) is 5.94. The lowest BCUT2D eigenvalue weighted by atomic mass is 9.93. The molecule has 0 saturated carbocycles. The summed E-state index contributed by atoms with van der Waals surface area (Å²) >= 11 is 0. The van der Waals surface area contributed by atoms with Crippen molar-refractivity contribution in [3.8, 4) is 0 Å². The topological polar surface area (TPSA) is 76.3 Å². The monoisotopic (exact) mass is 331 g/mol. The minimum atomic E-state index is -3.41. The Labute approximate surface area is 137 Å². The number of benzene rings is 1. The molecule has 1 aliphatic rings. The standard InChI is InChI=1S/C17H21N3O2S/c18-15-4-6-17(7-5-15)23(21,22)20-11-8-14(9-12-20)13-16-3-1-2-10-19-16/h1-7,10,14H,8-9,11-13,18H2. The van der Waals surface area contributed by atoms with Crippen LogP contribution >= 0.6 is 0 Å². The maximum absolute atomic E-state index is 12.6. The summed E-state index contributed by atoms with van der Waals surface area (Å²) < 4.78 is 26.8. The first-order valence-electron chi connectivity index (χ1n) is 7.81. The van der Waals surface area contributed by atoms with Crippen LogP contribution in [0.1, 0.15) is 18.5 Å². The molecule has 2 aromatic rings. The lowest BCUT2D eigenvalue weighted by Crippen LogP contribution is -2.38. The number of nitrogens with two attached hydrogens (primary N) is 1. The fraction of sp³-hybridized carbons (Fsp3) is 0.353. The SMILES string of the molecule is Nc1ccc(S(=O)(=O)N2CCC(Cc3ccccn3)CC2)cc1. The van der Waals surface area contributed by atoms with Crippen LogP contribution in [-0.4, -0.2) is 30.8 Å². The van der Waals surface area contributed by atoms with Crippen LogP contribution in [0.4, 0.5) is 5.69 Å². The van der Waals surface area contributed by atoms with Crippen molar-refractivity contribution < 1.29 is 8.42 Å². The summed E-state index contributed by atoms with van der Waals surface area (Å²) in [6, 6.07) is 12.3. The number of anilines is 1. The van der Waals surface area contributed by atoms with Crippen molar-refractivity contribution in [3.63, 3.8) is 0 Å². The first-order chi connectivity index (χ1) is 11.1. The molecule has 2 N–H and O–H groups in total. The van der Waals surface area contributed by atoms with Gasteiger partial charge >= 0.3 is 0 Å². The lowest BCUT2D eigenvalue weighted by Gasteiger charge is -2.31. The van der Waals surface area contributed by atoms with Crippen molar-refractivity contribution >= 4 is 15.7 Å². The third-order valence-electron chi connectivity index (χ3n) is 4.32. The number of nitrogens with zero attached hydrogens (tertiary/aromatic N) is 2. The van der Waals surface area contributed by atoms with Crippen LogP contribution in [0.3, 0.4) is 0 Å². The second kappa shape index (κ2) is 6.68. The van der Waals surface area contributed by atoms with E-state index < -0.39 is 10.0 Å². The molecule has 3 rings (SSSR count). The highest BCUT2D eigenvalue weighted by atomic mass is 32.2. The van der Waals surface area contributed by atoms with E-state index in [0.29, 0.717) is 29.6 Å². The maximum Gasteiger partial charge on any atom is 0.243 e. The fourth-order valence-corrected chi connectivity index (χ4v) is 4.43. The molecule has 0 amide bonds. The zero-order valence-corrected chi connectivity index (χ0v) is 13.7. The summed E-state index contributed by atoms with van der Waals surface area (Å²) in [6.45, 7) is 1.12. The zero-order valence-electron chi connectivity index (χ0n) is 12.9. The van der Waals surface area contributed by atoms with Crippen LogP contribution in [0, 0.1) is 5.92 Å². The largest absolute Gasteiger partial charge is 0.399 e. The number of pyridine rings is 1. The molecule has 5 nitrogen and oxygen atoms in total. The van der Waals surface area contributed by atoms with Gasteiger partial charge in [0.15, 0.2) is 0 Å². The van der Waals surface area contributed by atoms with Gasteiger partial charge in [-0.15, -0.1) is 0 Å². The van der Waals surface area contributed by atoms with Gasteiger partial charge in [0, 0.05) is 30.7 Å². The molecule has 0 bridgehead atoms. The van der Waals surface area contributed by atoms with E-state index in [0.717, 1.165) is 25.0 Å². The molecule has 1 aliphatic heterocycles. The molecule has 2 heterocycles. The van der Waals surface area contributed by atoms with E-state index >= 15 is 0 Å². The minimum absolute atomic E-state index is 0.315. The molecule has 1 saturated heterocycles. The van der Waals surface area contributed by atoms with Gasteiger partial charge in [0.2, 0.25) is 10.0 Å². The van der Waals surface area contributed by atoms with Crippen LogP contribution in [0.15, 0.2) is 53.6 Å². The number of rotatable bonds is 4. The summed E-state index contributed by atoms with van der Waals surface area (Å²) in [7, 11) is -3.41. The molecule has 0 unspecified atom stereocenters. The molecule has 1 fully saturated rings. The van der Waals surface area contributed by atoms with Crippen molar-refractivity contribution in [2.75, 3.05) is 18.8 Å². The summed E-state index contributed by atoms with van der Waals surface area (Å²) in [5, 5.41) is 0. The first-order valence-corrected chi connectivity index (χ1v) is 9.25. The average molecular weight is 331 g/mol. The number of hydrogen-bond acceptors (Lipinski definition) is 4. The van der Waals surface area contributed by atoms with E-state index in [1.807, 2.05) is 18.2 Å². The van der Waals surface area contributed by atoms with E-state index in [-0.39, 0.29) is 0 Å². The molecule has 6 heteroatoms. The van der Waals surface area contributed by atoms with Gasteiger partial charge in [-0.05, 0) is 61.6 Å². The molecule has 23 heavy (non-hydrogen) atoms. The van der Waals surface area contributed by atoms with Crippen molar-refractivity contribution in [2.24, 2.45) is 5.92 Å². The van der Waals surface area contributed by atoms with Crippen LogP contribution < -0.4 is 5.73 Å². The summed E-state index contributed by atoms with van der Waals surface area (Å²) in [4.78, 5) is 4.67. The maximum atomic E-state index is 12.6. The van der Waals surface area contributed by atoms with Crippen LogP contribution in [0.2, 0.25) is 0 Å².